The zero-order valence-electron chi connectivity index (χ0n) is 17.6. The van der Waals surface area contributed by atoms with Crippen molar-refractivity contribution in [2.24, 2.45) is 0 Å². The Kier molecular flexibility index (Phi) is 6.98. The average molecular weight is 428 g/mol. The molecule has 1 saturated heterocycles. The summed E-state index contributed by atoms with van der Waals surface area (Å²) >= 11 is 0. The van der Waals surface area contributed by atoms with Gasteiger partial charge in [0.15, 0.2) is 9.84 Å². The lowest BCUT2D eigenvalue weighted by Gasteiger charge is -2.29. The van der Waals surface area contributed by atoms with Crippen molar-refractivity contribution in [3.8, 4) is 5.75 Å². The third-order valence-corrected chi connectivity index (χ3v) is 7.13. The molecule has 2 aromatic rings. The predicted molar refractivity (Wildman–Crippen MR) is 120 cm³/mol. The van der Waals surface area contributed by atoms with Gasteiger partial charge in [0.2, 0.25) is 0 Å². The number of carbonyl (C=O) groups excluding carboxylic acids is 1. The fourth-order valence-electron chi connectivity index (χ4n) is 3.61. The van der Waals surface area contributed by atoms with Crippen molar-refractivity contribution in [1.82, 2.24) is 4.90 Å². The molecule has 1 aliphatic heterocycles. The van der Waals surface area contributed by atoms with Gasteiger partial charge in [-0.3, -0.25) is 4.79 Å². The number of sulfone groups is 1. The second-order valence-electron chi connectivity index (χ2n) is 8.01. The van der Waals surface area contributed by atoms with E-state index in [0.29, 0.717) is 36.8 Å². The highest BCUT2D eigenvalue weighted by molar-refractivity contribution is 7.91. The van der Waals surface area contributed by atoms with Crippen molar-refractivity contribution in [2.45, 2.75) is 38.8 Å². The van der Waals surface area contributed by atoms with Gasteiger partial charge in [0, 0.05) is 18.2 Å². The van der Waals surface area contributed by atoms with Crippen LogP contribution >= 0.6 is 0 Å². The lowest BCUT2D eigenvalue weighted by atomic mass is 10.0. The van der Waals surface area contributed by atoms with Crippen LogP contribution in [-0.4, -0.2) is 43.4 Å². The van der Waals surface area contributed by atoms with Crippen LogP contribution in [0.2, 0.25) is 0 Å². The molecule has 1 amide bonds. The van der Waals surface area contributed by atoms with E-state index in [0.717, 1.165) is 5.56 Å². The smallest absolute Gasteiger partial charge is 0.254 e. The van der Waals surface area contributed by atoms with Crippen molar-refractivity contribution in [2.75, 3.05) is 18.1 Å². The van der Waals surface area contributed by atoms with E-state index in [-0.39, 0.29) is 23.5 Å². The van der Waals surface area contributed by atoms with Crippen LogP contribution in [-0.2, 0) is 16.4 Å². The molecule has 1 heterocycles. The van der Waals surface area contributed by atoms with Gasteiger partial charge in [-0.15, -0.1) is 0 Å². The summed E-state index contributed by atoms with van der Waals surface area (Å²) in [5.74, 6) is 1.07. The van der Waals surface area contributed by atoms with E-state index in [9.17, 15) is 13.2 Å². The Labute approximate surface area is 179 Å². The first-order chi connectivity index (χ1) is 14.3. The molecule has 3 rings (SSSR count). The van der Waals surface area contributed by atoms with E-state index in [4.69, 9.17) is 4.74 Å². The van der Waals surface area contributed by atoms with Gasteiger partial charge in [0.1, 0.15) is 12.4 Å². The van der Waals surface area contributed by atoms with Crippen LogP contribution < -0.4 is 4.74 Å². The normalized spacial score (nSPS) is 17.6. The zero-order valence-corrected chi connectivity index (χ0v) is 18.4. The van der Waals surface area contributed by atoms with E-state index < -0.39 is 9.84 Å². The zero-order chi connectivity index (χ0) is 21.7. The molecule has 2 aromatic carbocycles. The van der Waals surface area contributed by atoms with Gasteiger partial charge in [0.05, 0.1) is 11.5 Å². The first-order valence-corrected chi connectivity index (χ1v) is 12.0. The molecule has 0 saturated carbocycles. The molecule has 0 unspecified atom stereocenters. The monoisotopic (exact) mass is 427 g/mol. The molecule has 1 atom stereocenters. The number of rotatable bonds is 8. The summed E-state index contributed by atoms with van der Waals surface area (Å²) in [6.07, 6.45) is 2.13. The Morgan fingerprint density at radius 1 is 1.17 bits per heavy atom. The van der Waals surface area contributed by atoms with E-state index in [1.165, 1.54) is 5.56 Å². The van der Waals surface area contributed by atoms with E-state index in [1.54, 1.807) is 35.2 Å². The maximum atomic E-state index is 13.3. The second kappa shape index (κ2) is 9.47. The van der Waals surface area contributed by atoms with Crippen LogP contribution in [0.1, 0.15) is 47.7 Å². The summed E-state index contributed by atoms with van der Waals surface area (Å²) in [6, 6.07) is 14.8. The molecule has 30 heavy (non-hydrogen) atoms. The maximum absolute atomic E-state index is 13.3. The van der Waals surface area contributed by atoms with E-state index in [2.05, 4.69) is 32.6 Å². The molecule has 1 aliphatic rings. The van der Waals surface area contributed by atoms with Crippen LogP contribution in [0.15, 0.2) is 61.2 Å². The average Bonchev–Trinajstić information content (AvgIpc) is 3.10. The number of ether oxygens (including phenoxy) is 1. The van der Waals surface area contributed by atoms with Gasteiger partial charge in [-0.05, 0) is 47.7 Å². The Hall–Kier alpha value is -2.60. The summed E-state index contributed by atoms with van der Waals surface area (Å²) in [7, 11) is -3.11. The molecule has 0 bridgehead atoms. The number of hydrogen-bond donors (Lipinski definition) is 0. The number of nitrogens with zero attached hydrogens (tertiary/aromatic N) is 1. The standard InChI is InChI=1S/C24H29NO4S/c1-4-14-29-23-11-9-21(10-12-23)24(26)25(22-13-15-30(27,28)17-22)16-19-5-7-20(8-6-19)18(2)3/h4-12,18,22H,1,13-17H2,2-3H3/t22-/m0/s1. The third-order valence-electron chi connectivity index (χ3n) is 5.38. The van der Waals surface area contributed by atoms with Crippen LogP contribution in [0, 0.1) is 0 Å². The lowest BCUT2D eigenvalue weighted by molar-refractivity contribution is 0.0681. The lowest BCUT2D eigenvalue weighted by Crippen LogP contribution is -2.40. The van der Waals surface area contributed by atoms with Gasteiger partial charge in [-0.1, -0.05) is 50.8 Å². The van der Waals surface area contributed by atoms with Crippen molar-refractivity contribution >= 4 is 15.7 Å². The number of hydrogen-bond acceptors (Lipinski definition) is 4. The highest BCUT2D eigenvalue weighted by Gasteiger charge is 2.35. The Morgan fingerprint density at radius 2 is 1.83 bits per heavy atom. The Morgan fingerprint density at radius 3 is 2.37 bits per heavy atom. The molecule has 160 valence electrons. The number of amides is 1. The first kappa shape index (κ1) is 22.1. The highest BCUT2D eigenvalue weighted by Crippen LogP contribution is 2.24. The molecular formula is C24H29NO4S. The summed E-state index contributed by atoms with van der Waals surface area (Å²) in [4.78, 5) is 15.0. The fraction of sp³-hybridized carbons (Fsp3) is 0.375. The van der Waals surface area contributed by atoms with Crippen LogP contribution in [0.5, 0.6) is 5.75 Å². The summed E-state index contributed by atoms with van der Waals surface area (Å²) in [6.45, 7) is 8.67. The molecule has 0 aromatic heterocycles. The Bertz CT molecular complexity index is 979. The summed E-state index contributed by atoms with van der Waals surface area (Å²) in [5.41, 5.74) is 2.74. The van der Waals surface area contributed by atoms with Gasteiger partial charge >= 0.3 is 0 Å². The third kappa shape index (κ3) is 5.51. The van der Waals surface area contributed by atoms with Crippen molar-refractivity contribution in [3.63, 3.8) is 0 Å². The van der Waals surface area contributed by atoms with Gasteiger partial charge in [-0.25, -0.2) is 8.42 Å². The van der Waals surface area contributed by atoms with E-state index in [1.807, 2.05) is 12.1 Å². The largest absolute Gasteiger partial charge is 0.490 e. The second-order valence-corrected chi connectivity index (χ2v) is 10.2. The van der Waals surface area contributed by atoms with Crippen LogP contribution in [0.4, 0.5) is 0 Å². The quantitative estimate of drug-likeness (QED) is 0.592. The van der Waals surface area contributed by atoms with Gasteiger partial charge < -0.3 is 9.64 Å². The molecule has 5 nitrogen and oxygen atoms in total. The first-order valence-electron chi connectivity index (χ1n) is 10.2. The molecule has 1 fully saturated rings. The highest BCUT2D eigenvalue weighted by atomic mass is 32.2. The van der Waals surface area contributed by atoms with Crippen LogP contribution in [0.25, 0.3) is 0 Å². The fourth-order valence-corrected chi connectivity index (χ4v) is 5.34. The molecule has 0 aliphatic carbocycles. The number of benzene rings is 2. The minimum atomic E-state index is -3.11. The molecular weight excluding hydrogens is 398 g/mol. The van der Waals surface area contributed by atoms with Crippen molar-refractivity contribution in [3.05, 3.63) is 77.9 Å². The minimum Gasteiger partial charge on any atom is -0.490 e. The van der Waals surface area contributed by atoms with Gasteiger partial charge in [0.25, 0.3) is 5.91 Å². The van der Waals surface area contributed by atoms with E-state index >= 15 is 0 Å². The minimum absolute atomic E-state index is 0.0172. The predicted octanol–water partition coefficient (Wildman–Crippen LogP) is 4.20. The van der Waals surface area contributed by atoms with Crippen molar-refractivity contribution < 1.29 is 17.9 Å². The molecule has 0 spiro atoms. The summed E-state index contributed by atoms with van der Waals surface area (Å²) in [5, 5.41) is 0. The maximum Gasteiger partial charge on any atom is 0.254 e. The SMILES string of the molecule is C=CCOc1ccc(C(=O)N(Cc2ccc(C(C)C)cc2)[C@H]2CCS(=O)(=O)C2)cc1. The Balaban J connectivity index is 1.83. The topological polar surface area (TPSA) is 63.7 Å². The van der Waals surface area contributed by atoms with Gasteiger partial charge in [-0.2, -0.15) is 0 Å². The van der Waals surface area contributed by atoms with Crippen LogP contribution in [0.3, 0.4) is 0 Å². The molecule has 6 heteroatoms. The molecule has 0 radical (unpaired) electrons. The number of carbonyl (C=O) groups is 1. The molecule has 0 N–H and O–H groups in total. The van der Waals surface area contributed by atoms with Crippen molar-refractivity contribution in [1.29, 1.82) is 0 Å². The summed E-state index contributed by atoms with van der Waals surface area (Å²) < 4.78 is 29.6.